The summed E-state index contributed by atoms with van der Waals surface area (Å²) in [7, 11) is 2.16. The van der Waals surface area contributed by atoms with Crippen LogP contribution in [-0.2, 0) is 4.79 Å². The molecule has 0 unspecified atom stereocenters. The first kappa shape index (κ1) is 14.4. The third-order valence-electron chi connectivity index (χ3n) is 3.32. The van der Waals surface area contributed by atoms with Crippen molar-refractivity contribution in [2.24, 2.45) is 5.73 Å². The van der Waals surface area contributed by atoms with E-state index in [2.05, 4.69) is 22.2 Å². The molecule has 1 aliphatic rings. The minimum Gasteiger partial charge on any atom is -0.355 e. The van der Waals surface area contributed by atoms with Gasteiger partial charge in [-0.3, -0.25) is 4.79 Å². The summed E-state index contributed by atoms with van der Waals surface area (Å²) in [6.45, 7) is 8.29. The molecule has 1 fully saturated rings. The van der Waals surface area contributed by atoms with E-state index >= 15 is 0 Å². The van der Waals surface area contributed by atoms with Crippen LogP contribution in [-0.4, -0.2) is 68.1 Å². The van der Waals surface area contributed by atoms with Crippen LogP contribution >= 0.6 is 0 Å². The zero-order chi connectivity index (χ0) is 12.7. The van der Waals surface area contributed by atoms with Crippen molar-refractivity contribution < 1.29 is 4.79 Å². The Hall–Kier alpha value is -0.650. The second-order valence-electron chi connectivity index (χ2n) is 4.80. The van der Waals surface area contributed by atoms with Crippen LogP contribution in [0.15, 0.2) is 0 Å². The molecule has 5 heteroatoms. The van der Waals surface area contributed by atoms with Crippen molar-refractivity contribution in [3.8, 4) is 0 Å². The number of likely N-dealkylation sites (N-methyl/N-ethyl adjacent to an activating group) is 1. The van der Waals surface area contributed by atoms with Crippen LogP contribution in [0.25, 0.3) is 0 Å². The van der Waals surface area contributed by atoms with Gasteiger partial charge in [-0.15, -0.1) is 0 Å². The van der Waals surface area contributed by atoms with Crippen LogP contribution in [0.3, 0.4) is 0 Å². The summed E-state index contributed by atoms with van der Waals surface area (Å²) >= 11 is 0. The highest BCUT2D eigenvalue weighted by molar-refractivity contribution is 5.81. The molecular weight excluding hydrogens is 216 g/mol. The Bertz CT molecular complexity index is 227. The van der Waals surface area contributed by atoms with Crippen molar-refractivity contribution in [3.63, 3.8) is 0 Å². The van der Waals surface area contributed by atoms with Gasteiger partial charge < -0.3 is 20.9 Å². The number of piperazine rings is 1. The van der Waals surface area contributed by atoms with Crippen LogP contribution in [0.1, 0.15) is 19.8 Å². The van der Waals surface area contributed by atoms with Crippen molar-refractivity contribution in [2.45, 2.75) is 25.8 Å². The lowest BCUT2D eigenvalue weighted by molar-refractivity contribution is -0.122. The first-order chi connectivity index (χ1) is 8.13. The number of nitrogens with two attached hydrogens (primary N) is 1. The normalized spacial score (nSPS) is 20.2. The molecule has 1 rings (SSSR count). The van der Waals surface area contributed by atoms with Gasteiger partial charge in [0.2, 0.25) is 5.91 Å². The topological polar surface area (TPSA) is 61.6 Å². The molecule has 5 nitrogen and oxygen atoms in total. The predicted molar refractivity (Wildman–Crippen MR) is 69.8 cm³/mol. The second kappa shape index (κ2) is 7.63. The van der Waals surface area contributed by atoms with E-state index in [1.54, 1.807) is 0 Å². The molecule has 0 bridgehead atoms. The molecule has 1 atom stereocenters. The Kier molecular flexibility index (Phi) is 6.47. The lowest BCUT2D eigenvalue weighted by atomic mass is 10.2. The number of hydrogen-bond donors (Lipinski definition) is 2. The predicted octanol–water partition coefficient (Wildman–Crippen LogP) is -0.523. The van der Waals surface area contributed by atoms with E-state index in [1.165, 1.54) is 0 Å². The van der Waals surface area contributed by atoms with Gasteiger partial charge in [0.1, 0.15) is 0 Å². The minimum atomic E-state index is -0.348. The zero-order valence-electron chi connectivity index (χ0n) is 11.1. The van der Waals surface area contributed by atoms with Gasteiger partial charge in [0, 0.05) is 32.7 Å². The number of hydrogen-bond acceptors (Lipinski definition) is 4. The van der Waals surface area contributed by atoms with E-state index < -0.39 is 0 Å². The molecule has 1 amide bonds. The summed E-state index contributed by atoms with van der Waals surface area (Å²) in [5.41, 5.74) is 5.63. The fraction of sp³-hybridized carbons (Fsp3) is 0.917. The van der Waals surface area contributed by atoms with Gasteiger partial charge in [-0.05, 0) is 26.4 Å². The summed E-state index contributed by atoms with van der Waals surface area (Å²) in [4.78, 5) is 16.2. The molecule has 0 radical (unpaired) electrons. The lowest BCUT2D eigenvalue weighted by Crippen LogP contribution is -2.45. The Balaban J connectivity index is 2.02. The highest BCUT2D eigenvalue weighted by atomic mass is 16.2. The summed E-state index contributed by atoms with van der Waals surface area (Å²) in [5, 5.41) is 2.88. The van der Waals surface area contributed by atoms with Gasteiger partial charge in [0.25, 0.3) is 0 Å². The monoisotopic (exact) mass is 242 g/mol. The van der Waals surface area contributed by atoms with E-state index in [0.29, 0.717) is 6.42 Å². The highest BCUT2D eigenvalue weighted by Crippen LogP contribution is 1.99. The maximum atomic E-state index is 11.4. The number of rotatable bonds is 6. The maximum Gasteiger partial charge on any atom is 0.236 e. The Morgan fingerprint density at radius 2 is 2.00 bits per heavy atom. The molecule has 1 aliphatic heterocycles. The quantitative estimate of drug-likeness (QED) is 0.615. The van der Waals surface area contributed by atoms with E-state index in [9.17, 15) is 4.79 Å². The molecular formula is C12H26N4O. The zero-order valence-corrected chi connectivity index (χ0v) is 11.1. The lowest BCUT2D eigenvalue weighted by Gasteiger charge is -2.32. The van der Waals surface area contributed by atoms with Crippen molar-refractivity contribution in [2.75, 3.05) is 46.3 Å². The van der Waals surface area contributed by atoms with Crippen LogP contribution < -0.4 is 11.1 Å². The molecule has 0 aromatic rings. The Morgan fingerprint density at radius 3 is 2.59 bits per heavy atom. The molecule has 100 valence electrons. The highest BCUT2D eigenvalue weighted by Gasteiger charge is 2.13. The SMILES string of the molecule is CC[C@H](N)C(=O)NCCCN1CCN(C)CC1. The first-order valence-corrected chi connectivity index (χ1v) is 6.57. The average molecular weight is 242 g/mol. The van der Waals surface area contributed by atoms with Crippen molar-refractivity contribution in [1.82, 2.24) is 15.1 Å². The summed E-state index contributed by atoms with van der Waals surface area (Å²) in [6.07, 6.45) is 1.70. The van der Waals surface area contributed by atoms with E-state index in [4.69, 9.17) is 5.73 Å². The summed E-state index contributed by atoms with van der Waals surface area (Å²) < 4.78 is 0. The molecule has 1 heterocycles. The number of nitrogens with one attached hydrogen (secondary N) is 1. The van der Waals surface area contributed by atoms with Gasteiger partial charge in [-0.1, -0.05) is 6.92 Å². The van der Waals surface area contributed by atoms with Gasteiger partial charge in [-0.2, -0.15) is 0 Å². The number of carbonyl (C=O) groups is 1. The first-order valence-electron chi connectivity index (χ1n) is 6.57. The fourth-order valence-corrected chi connectivity index (χ4v) is 1.90. The standard InChI is InChI=1S/C12H26N4O/c1-3-11(13)12(17)14-5-4-6-16-9-7-15(2)8-10-16/h11H,3-10,13H2,1-2H3,(H,14,17)/t11-/m0/s1. The molecule has 17 heavy (non-hydrogen) atoms. The Morgan fingerprint density at radius 1 is 1.35 bits per heavy atom. The largest absolute Gasteiger partial charge is 0.355 e. The van der Waals surface area contributed by atoms with E-state index in [0.717, 1.165) is 45.7 Å². The van der Waals surface area contributed by atoms with Crippen LogP contribution in [0.4, 0.5) is 0 Å². The smallest absolute Gasteiger partial charge is 0.236 e. The summed E-state index contributed by atoms with van der Waals surface area (Å²) in [6, 6.07) is -0.348. The van der Waals surface area contributed by atoms with Crippen LogP contribution in [0.5, 0.6) is 0 Å². The van der Waals surface area contributed by atoms with Crippen LogP contribution in [0, 0.1) is 0 Å². The average Bonchev–Trinajstić information content (AvgIpc) is 2.35. The van der Waals surface area contributed by atoms with E-state index in [1.807, 2.05) is 6.92 Å². The third kappa shape index (κ3) is 5.48. The number of nitrogens with zero attached hydrogens (tertiary/aromatic N) is 2. The maximum absolute atomic E-state index is 11.4. The van der Waals surface area contributed by atoms with Crippen molar-refractivity contribution in [3.05, 3.63) is 0 Å². The minimum absolute atomic E-state index is 0.0223. The molecule has 0 aromatic heterocycles. The second-order valence-corrected chi connectivity index (χ2v) is 4.80. The Labute approximate surface area is 104 Å². The number of amides is 1. The van der Waals surface area contributed by atoms with E-state index in [-0.39, 0.29) is 11.9 Å². The molecule has 0 saturated carbocycles. The molecule has 0 aliphatic carbocycles. The fourth-order valence-electron chi connectivity index (χ4n) is 1.90. The van der Waals surface area contributed by atoms with Crippen molar-refractivity contribution >= 4 is 5.91 Å². The van der Waals surface area contributed by atoms with Gasteiger partial charge in [0.15, 0.2) is 0 Å². The van der Waals surface area contributed by atoms with Gasteiger partial charge in [0.05, 0.1) is 6.04 Å². The molecule has 1 saturated heterocycles. The van der Waals surface area contributed by atoms with Crippen LogP contribution in [0.2, 0.25) is 0 Å². The van der Waals surface area contributed by atoms with Crippen molar-refractivity contribution in [1.29, 1.82) is 0 Å². The van der Waals surface area contributed by atoms with Gasteiger partial charge in [-0.25, -0.2) is 0 Å². The molecule has 0 aromatic carbocycles. The number of carbonyl (C=O) groups excluding carboxylic acids is 1. The molecule has 0 spiro atoms. The summed E-state index contributed by atoms with van der Waals surface area (Å²) in [5.74, 6) is -0.0223. The molecule has 3 N–H and O–H groups in total. The van der Waals surface area contributed by atoms with Gasteiger partial charge >= 0.3 is 0 Å². The third-order valence-corrected chi connectivity index (χ3v) is 3.32.